The standard InChI is InChI=1S/C44H26O2/c1-3-9-25(10-4-1)37-41-31-21-17-27-13-7-15-29-20-24-34(39(31)35(27)29)46-44(41)38(26-11-5-2-6-12-26)42-32-22-18-28-14-8-16-30-19-23-33(45-43(37)42)40(32)36(28)30/h1-24,35,39H/q+2. The van der Waals surface area contributed by atoms with Gasteiger partial charge in [0.15, 0.2) is 0 Å². The van der Waals surface area contributed by atoms with Gasteiger partial charge in [0.25, 0.3) is 0 Å². The molecule has 0 fully saturated rings. The molecule has 11 rings (SSSR count). The van der Waals surface area contributed by atoms with Crippen molar-refractivity contribution >= 4 is 54.8 Å². The third-order valence-electron chi connectivity index (χ3n) is 10.4. The van der Waals surface area contributed by atoms with Crippen LogP contribution >= 0.6 is 0 Å². The molecule has 2 atom stereocenters. The molecular weight excluding hydrogens is 560 g/mol. The largest absolute Gasteiger partial charge is 0.371 e. The number of hydrogen-bond donors (Lipinski definition) is 0. The summed E-state index contributed by atoms with van der Waals surface area (Å²) in [4.78, 5) is 0. The highest BCUT2D eigenvalue weighted by atomic mass is 16.4. The lowest BCUT2D eigenvalue weighted by Crippen LogP contribution is -2.34. The van der Waals surface area contributed by atoms with E-state index in [0.29, 0.717) is 0 Å². The van der Waals surface area contributed by atoms with E-state index in [2.05, 4.69) is 146 Å². The van der Waals surface area contributed by atoms with E-state index < -0.39 is 0 Å². The van der Waals surface area contributed by atoms with Crippen LogP contribution < -0.4 is 0 Å². The first-order chi connectivity index (χ1) is 22.8. The van der Waals surface area contributed by atoms with Gasteiger partial charge in [-0.1, -0.05) is 121 Å². The van der Waals surface area contributed by atoms with Crippen molar-refractivity contribution in [3.63, 3.8) is 0 Å². The second kappa shape index (κ2) is 8.87. The molecule has 1 aromatic heterocycles. The molecule has 2 nitrogen and oxygen atoms in total. The predicted molar refractivity (Wildman–Crippen MR) is 189 cm³/mol. The molecule has 2 heterocycles. The van der Waals surface area contributed by atoms with Crippen LogP contribution in [0.3, 0.4) is 0 Å². The molecule has 0 bridgehead atoms. The highest BCUT2D eigenvalue weighted by Gasteiger charge is 2.51. The molecule has 4 aliphatic rings. The number of rotatable bonds is 2. The Kier molecular flexibility index (Phi) is 4.71. The maximum atomic E-state index is 7.25. The molecule has 0 N–H and O–H groups in total. The van der Waals surface area contributed by atoms with Gasteiger partial charge in [0.2, 0.25) is 0 Å². The zero-order valence-corrected chi connectivity index (χ0v) is 24.8. The summed E-state index contributed by atoms with van der Waals surface area (Å²) in [5.74, 6) is 2.25. The fraction of sp³-hybridized carbons (Fsp3) is 0.0455. The van der Waals surface area contributed by atoms with Crippen LogP contribution in [0.25, 0.3) is 71.3 Å². The Morgan fingerprint density at radius 1 is 0.500 bits per heavy atom. The smallest absolute Gasteiger partial charge is 0.211 e. The van der Waals surface area contributed by atoms with Crippen molar-refractivity contribution in [1.29, 1.82) is 0 Å². The van der Waals surface area contributed by atoms with Crippen molar-refractivity contribution in [1.82, 2.24) is 0 Å². The second-order valence-corrected chi connectivity index (χ2v) is 12.7. The van der Waals surface area contributed by atoms with E-state index in [4.69, 9.17) is 8.84 Å². The average Bonchev–Trinajstić information content (AvgIpc) is 3.12. The maximum Gasteiger partial charge on any atom is 0.371 e. The van der Waals surface area contributed by atoms with Gasteiger partial charge in [-0.25, -0.2) is 8.84 Å². The quantitative estimate of drug-likeness (QED) is 0.112. The molecule has 2 heteroatoms. The Morgan fingerprint density at radius 2 is 1.24 bits per heavy atom. The van der Waals surface area contributed by atoms with Crippen LogP contribution in [-0.4, -0.2) is 5.78 Å². The van der Waals surface area contributed by atoms with Crippen molar-refractivity contribution < 1.29 is 8.84 Å². The lowest BCUT2D eigenvalue weighted by Gasteiger charge is -2.35. The van der Waals surface area contributed by atoms with Gasteiger partial charge in [0, 0.05) is 28.8 Å². The van der Waals surface area contributed by atoms with Crippen molar-refractivity contribution in [2.75, 3.05) is 0 Å². The fourth-order valence-electron chi connectivity index (χ4n) is 8.55. The summed E-state index contributed by atoms with van der Waals surface area (Å²) in [6.07, 6.45) is 15.7. The van der Waals surface area contributed by atoms with Gasteiger partial charge in [-0.15, -0.1) is 0 Å². The van der Waals surface area contributed by atoms with Crippen molar-refractivity contribution in [2.24, 2.45) is 11.8 Å². The lowest BCUT2D eigenvalue weighted by atomic mass is 9.64. The number of carbonyl (C=O) groups excluding carboxylic acids is 1. The molecule has 7 aromatic rings. The minimum Gasteiger partial charge on any atom is -0.211 e. The van der Waals surface area contributed by atoms with E-state index in [1.165, 1.54) is 38.3 Å². The van der Waals surface area contributed by atoms with Crippen LogP contribution in [0.2, 0.25) is 0 Å². The van der Waals surface area contributed by atoms with Gasteiger partial charge in [-0.2, -0.15) is 0 Å². The Hall–Kier alpha value is -5.86. The number of ketones is 1. The zero-order valence-electron chi connectivity index (χ0n) is 24.8. The first-order valence-electron chi connectivity index (χ1n) is 16.0. The number of fused-ring (bicyclic) bond motifs is 4. The molecule has 3 aliphatic carbocycles. The highest BCUT2D eigenvalue weighted by molar-refractivity contribution is 6.30. The molecular formula is C44H26O2+2. The van der Waals surface area contributed by atoms with Gasteiger partial charge >= 0.3 is 22.7 Å². The van der Waals surface area contributed by atoms with Crippen LogP contribution in [0.15, 0.2) is 161 Å². The third-order valence-corrected chi connectivity index (χ3v) is 10.4. The van der Waals surface area contributed by atoms with E-state index in [-0.39, 0.29) is 11.8 Å². The van der Waals surface area contributed by atoms with E-state index in [1.807, 2.05) is 0 Å². The summed E-state index contributed by atoms with van der Waals surface area (Å²) in [6.45, 7) is 0. The lowest BCUT2D eigenvalue weighted by molar-refractivity contribution is -0.369. The van der Waals surface area contributed by atoms with Gasteiger partial charge in [-0.3, -0.25) is 0 Å². The summed E-state index contributed by atoms with van der Waals surface area (Å²) < 4.78 is 14.5. The van der Waals surface area contributed by atoms with E-state index in [9.17, 15) is 0 Å². The molecule has 6 aromatic carbocycles. The SMILES string of the molecule is C1=CC2=CC=C3c4c(c(-c5ccccc5)c5c([o+]c6ccc7cccc8ccc5c6c78)c4-c4ccccc4)[O+]=C4C=CC(=C1)C2C34. The monoisotopic (exact) mass is 586 g/mol. The Bertz CT molecular complexity index is 2650. The topological polar surface area (TPSA) is 22.6 Å². The van der Waals surface area contributed by atoms with Crippen LogP contribution in [0.1, 0.15) is 5.56 Å². The second-order valence-electron chi connectivity index (χ2n) is 12.7. The van der Waals surface area contributed by atoms with E-state index >= 15 is 0 Å². The molecule has 0 radical (unpaired) electrons. The van der Waals surface area contributed by atoms with Crippen LogP contribution in [0.4, 0.5) is 0 Å². The normalized spacial score (nSPS) is 19.2. The van der Waals surface area contributed by atoms with Crippen LogP contribution in [0, 0.1) is 11.8 Å². The van der Waals surface area contributed by atoms with Gasteiger partial charge in [-0.05, 0) is 50.8 Å². The first-order valence-corrected chi connectivity index (χ1v) is 16.0. The Labute approximate surface area is 265 Å². The molecule has 0 saturated carbocycles. The highest BCUT2D eigenvalue weighted by Crippen LogP contribution is 2.58. The molecule has 0 amide bonds. The summed E-state index contributed by atoms with van der Waals surface area (Å²) in [5.41, 5.74) is 11.3. The van der Waals surface area contributed by atoms with Gasteiger partial charge in [0.05, 0.1) is 5.39 Å². The maximum absolute atomic E-state index is 7.25. The van der Waals surface area contributed by atoms with Crippen molar-refractivity contribution in [3.05, 3.63) is 162 Å². The predicted octanol–water partition coefficient (Wildman–Crippen LogP) is 11.4. The summed E-state index contributed by atoms with van der Waals surface area (Å²) >= 11 is 0. The first kappa shape index (κ1) is 24.5. The molecule has 46 heavy (non-hydrogen) atoms. The zero-order chi connectivity index (χ0) is 29.9. The van der Waals surface area contributed by atoms with E-state index in [0.717, 1.165) is 61.3 Å². The summed E-state index contributed by atoms with van der Waals surface area (Å²) in [5, 5.41) is 7.10. The molecule has 0 saturated heterocycles. The van der Waals surface area contributed by atoms with Crippen molar-refractivity contribution in [2.45, 2.75) is 0 Å². The minimum absolute atomic E-state index is 0.0995. The molecule has 0 spiro atoms. The fourth-order valence-corrected chi connectivity index (χ4v) is 8.55. The summed E-state index contributed by atoms with van der Waals surface area (Å²) in [6, 6.07) is 36.9. The Morgan fingerprint density at radius 3 is 2.04 bits per heavy atom. The molecule has 2 unspecified atom stereocenters. The molecule has 212 valence electrons. The van der Waals surface area contributed by atoms with Crippen LogP contribution in [0.5, 0.6) is 5.75 Å². The van der Waals surface area contributed by atoms with Gasteiger partial charge in [0.1, 0.15) is 28.0 Å². The minimum atomic E-state index is 0.0995. The number of allylic oxidation sites excluding steroid dienone is 10. The molecule has 1 aliphatic heterocycles. The Balaban J connectivity index is 1.41. The third kappa shape index (κ3) is 3.11. The summed E-state index contributed by atoms with van der Waals surface area (Å²) in [7, 11) is 0. The van der Waals surface area contributed by atoms with Gasteiger partial charge < -0.3 is 0 Å². The van der Waals surface area contributed by atoms with Crippen LogP contribution in [-0.2, 0) is 4.42 Å². The number of hydrogen-bond acceptors (Lipinski definition) is 0. The number of benzene rings is 6. The van der Waals surface area contributed by atoms with Crippen molar-refractivity contribution in [3.8, 4) is 28.0 Å². The average molecular weight is 587 g/mol. The van der Waals surface area contributed by atoms with E-state index in [1.54, 1.807) is 0 Å².